The van der Waals surface area contributed by atoms with Gasteiger partial charge < -0.3 is 9.47 Å². The molecule has 0 saturated carbocycles. The van der Waals surface area contributed by atoms with Crippen molar-refractivity contribution in [2.75, 3.05) is 19.0 Å². The highest BCUT2D eigenvalue weighted by molar-refractivity contribution is 5.95. The van der Waals surface area contributed by atoms with E-state index < -0.39 is 10.8 Å². The van der Waals surface area contributed by atoms with E-state index in [1.54, 1.807) is 72.1 Å². The molecule has 4 aromatic rings. The minimum Gasteiger partial charge on any atom is -0.372 e. The van der Waals surface area contributed by atoms with E-state index >= 15 is 0 Å². The van der Waals surface area contributed by atoms with Crippen molar-refractivity contribution >= 4 is 45.3 Å². The van der Waals surface area contributed by atoms with E-state index in [1.807, 2.05) is 12.1 Å². The fraction of sp³-hybridized carbons (Fsp3) is 0.125. The second-order valence-electron chi connectivity index (χ2n) is 7.64. The lowest BCUT2D eigenvalue weighted by molar-refractivity contribution is -0.384. The lowest BCUT2D eigenvalue weighted by Crippen LogP contribution is -2.25. The Kier molecular flexibility index (Phi) is 5.86. The Labute approximate surface area is 188 Å². The van der Waals surface area contributed by atoms with Crippen LogP contribution in [-0.4, -0.2) is 35.7 Å². The molecule has 0 aliphatic heterocycles. The second-order valence-corrected chi connectivity index (χ2v) is 7.64. The molecule has 0 radical (unpaired) electrons. The molecule has 0 unspecified atom stereocenters. The van der Waals surface area contributed by atoms with Crippen LogP contribution in [0.1, 0.15) is 5.56 Å². The third-order valence-corrected chi connectivity index (χ3v) is 5.26. The predicted molar refractivity (Wildman–Crippen MR) is 129 cm³/mol. The van der Waals surface area contributed by atoms with Crippen molar-refractivity contribution in [1.29, 1.82) is 0 Å². The summed E-state index contributed by atoms with van der Waals surface area (Å²) < 4.78 is 1.77. The summed E-state index contributed by atoms with van der Waals surface area (Å²) >= 11 is 0. The maximum atomic E-state index is 12.8. The van der Waals surface area contributed by atoms with Gasteiger partial charge in [-0.1, -0.05) is 30.3 Å². The molecule has 9 nitrogen and oxygen atoms in total. The van der Waals surface area contributed by atoms with Gasteiger partial charge in [0, 0.05) is 36.5 Å². The number of pyridine rings is 1. The van der Waals surface area contributed by atoms with Crippen LogP contribution < -0.4 is 15.8 Å². The molecule has 0 saturated heterocycles. The molecule has 1 N–H and O–H groups in total. The summed E-state index contributed by atoms with van der Waals surface area (Å²) in [5.74, 6) is -0.399. The van der Waals surface area contributed by atoms with Gasteiger partial charge in [-0.15, -0.1) is 0 Å². The van der Waals surface area contributed by atoms with Crippen molar-refractivity contribution in [3.8, 4) is 0 Å². The number of amides is 1. The number of aromatic nitrogens is 1. The number of rotatable bonds is 6. The fourth-order valence-electron chi connectivity index (χ4n) is 3.75. The predicted octanol–water partition coefficient (Wildman–Crippen LogP) is 3.28. The van der Waals surface area contributed by atoms with Crippen molar-refractivity contribution in [1.82, 2.24) is 9.99 Å². The summed E-state index contributed by atoms with van der Waals surface area (Å²) in [6, 6.07) is 19.0. The zero-order chi connectivity index (χ0) is 23.5. The smallest absolute Gasteiger partial charge is 0.293 e. The zero-order valence-electron chi connectivity index (χ0n) is 18.1. The van der Waals surface area contributed by atoms with Gasteiger partial charge >= 0.3 is 0 Å². The molecule has 9 heteroatoms. The summed E-state index contributed by atoms with van der Waals surface area (Å²) in [4.78, 5) is 38.0. The normalized spacial score (nSPS) is 11.2. The number of fused-ring (bicyclic) bond motifs is 2. The number of para-hydroxylation sites is 2. The quantitative estimate of drug-likeness (QED) is 0.213. The van der Waals surface area contributed by atoms with Crippen LogP contribution >= 0.6 is 0 Å². The first-order valence-corrected chi connectivity index (χ1v) is 10.1. The highest BCUT2D eigenvalue weighted by Crippen LogP contribution is 2.27. The number of anilines is 1. The van der Waals surface area contributed by atoms with E-state index in [0.29, 0.717) is 33.1 Å². The molecule has 1 aromatic heterocycles. The number of nitro benzene ring substituents is 1. The van der Waals surface area contributed by atoms with Gasteiger partial charge in [0.1, 0.15) is 12.2 Å². The lowest BCUT2D eigenvalue weighted by Gasteiger charge is -2.14. The van der Waals surface area contributed by atoms with Crippen molar-refractivity contribution < 1.29 is 9.72 Å². The monoisotopic (exact) mass is 443 g/mol. The maximum Gasteiger partial charge on any atom is 0.293 e. The van der Waals surface area contributed by atoms with Crippen molar-refractivity contribution in [3.63, 3.8) is 0 Å². The van der Waals surface area contributed by atoms with Crippen LogP contribution in [0.25, 0.3) is 21.8 Å². The molecular formula is C24H21N5O4. The molecule has 1 heterocycles. The number of benzene rings is 3. The van der Waals surface area contributed by atoms with Gasteiger partial charge in [0.15, 0.2) is 5.43 Å². The first kappa shape index (κ1) is 21.7. The summed E-state index contributed by atoms with van der Waals surface area (Å²) in [6.07, 6.45) is 1.35. The van der Waals surface area contributed by atoms with Crippen LogP contribution in [-0.2, 0) is 11.3 Å². The van der Waals surface area contributed by atoms with Gasteiger partial charge in [0.25, 0.3) is 11.6 Å². The topological polar surface area (TPSA) is 110 Å². The van der Waals surface area contributed by atoms with Crippen molar-refractivity contribution in [2.45, 2.75) is 6.54 Å². The number of nitrogens with zero attached hydrogens (tertiary/aromatic N) is 4. The number of nitrogens with one attached hydrogen (secondary N) is 1. The van der Waals surface area contributed by atoms with Gasteiger partial charge in [0.2, 0.25) is 0 Å². The highest BCUT2D eigenvalue weighted by atomic mass is 16.6. The number of hydrogen-bond donors (Lipinski definition) is 1. The van der Waals surface area contributed by atoms with Crippen LogP contribution in [0, 0.1) is 10.1 Å². The first-order chi connectivity index (χ1) is 15.9. The minimum atomic E-state index is -0.461. The van der Waals surface area contributed by atoms with Crippen LogP contribution in [0.5, 0.6) is 0 Å². The molecule has 3 aromatic carbocycles. The van der Waals surface area contributed by atoms with Crippen LogP contribution in [0.3, 0.4) is 0 Å². The Hall–Kier alpha value is -4.53. The van der Waals surface area contributed by atoms with Gasteiger partial charge in [-0.25, -0.2) is 5.43 Å². The van der Waals surface area contributed by atoms with E-state index in [2.05, 4.69) is 10.5 Å². The molecule has 4 rings (SSSR count). The number of carbonyl (C=O) groups is 1. The van der Waals surface area contributed by atoms with Crippen LogP contribution in [0.15, 0.2) is 76.6 Å². The zero-order valence-corrected chi connectivity index (χ0v) is 18.1. The maximum absolute atomic E-state index is 12.8. The Morgan fingerprint density at radius 3 is 2.24 bits per heavy atom. The van der Waals surface area contributed by atoms with E-state index in [1.165, 1.54) is 12.3 Å². The van der Waals surface area contributed by atoms with Gasteiger partial charge in [0.05, 0.1) is 22.2 Å². The van der Waals surface area contributed by atoms with E-state index in [0.717, 1.165) is 0 Å². The van der Waals surface area contributed by atoms with Crippen LogP contribution in [0.2, 0.25) is 0 Å². The first-order valence-electron chi connectivity index (χ1n) is 10.1. The standard InChI is InChI=1S/C24H21N5O4/c1-27(2)21-12-11-16(13-22(21)29(32)33)14-25-26-23(30)15-28-19-9-5-3-7-17(19)24(31)18-8-4-6-10-20(18)28/h3-14H,15H2,1-2H3,(H,26,30)/b25-14+. The van der Waals surface area contributed by atoms with Crippen molar-refractivity contribution in [3.05, 3.63) is 92.6 Å². The summed E-state index contributed by atoms with van der Waals surface area (Å²) in [7, 11) is 3.45. The minimum absolute atomic E-state index is 0.0542. The lowest BCUT2D eigenvalue weighted by atomic mass is 10.1. The molecule has 0 spiro atoms. The van der Waals surface area contributed by atoms with Crippen molar-refractivity contribution in [2.24, 2.45) is 5.10 Å². The highest BCUT2D eigenvalue weighted by Gasteiger charge is 2.16. The van der Waals surface area contributed by atoms with Gasteiger partial charge in [-0.2, -0.15) is 5.10 Å². The molecule has 0 aliphatic carbocycles. The molecule has 33 heavy (non-hydrogen) atoms. The third kappa shape index (κ3) is 4.29. The molecule has 0 aliphatic rings. The summed E-state index contributed by atoms with van der Waals surface area (Å²) in [5.41, 5.74) is 4.57. The summed E-state index contributed by atoms with van der Waals surface area (Å²) in [6.45, 7) is -0.0572. The molecular weight excluding hydrogens is 422 g/mol. The number of carbonyl (C=O) groups excluding carboxylic acids is 1. The van der Waals surface area contributed by atoms with E-state index in [4.69, 9.17) is 0 Å². The average Bonchev–Trinajstić information content (AvgIpc) is 2.81. The number of hydrazone groups is 1. The molecule has 0 bridgehead atoms. The average molecular weight is 443 g/mol. The van der Waals surface area contributed by atoms with E-state index in [-0.39, 0.29) is 17.7 Å². The van der Waals surface area contributed by atoms with Gasteiger partial charge in [-0.05, 0) is 30.3 Å². The SMILES string of the molecule is CN(C)c1ccc(/C=N/NC(=O)Cn2c3ccccc3c(=O)c3ccccc32)cc1[N+](=O)[O-]. The largest absolute Gasteiger partial charge is 0.372 e. The summed E-state index contributed by atoms with van der Waals surface area (Å²) in [5, 5.41) is 16.4. The Morgan fingerprint density at radius 2 is 1.67 bits per heavy atom. The van der Waals surface area contributed by atoms with E-state index in [9.17, 15) is 19.7 Å². The number of nitro groups is 1. The Balaban J connectivity index is 1.60. The Bertz CT molecular complexity index is 1410. The van der Waals surface area contributed by atoms with Gasteiger partial charge in [-0.3, -0.25) is 19.7 Å². The fourth-order valence-corrected chi connectivity index (χ4v) is 3.75. The Morgan fingerprint density at radius 1 is 1.06 bits per heavy atom. The third-order valence-electron chi connectivity index (χ3n) is 5.26. The molecule has 1 amide bonds. The van der Waals surface area contributed by atoms with Crippen LogP contribution in [0.4, 0.5) is 11.4 Å². The molecule has 0 atom stereocenters. The molecule has 166 valence electrons. The number of hydrogen-bond acceptors (Lipinski definition) is 6. The molecule has 0 fully saturated rings. The second kappa shape index (κ2) is 8.91.